The Morgan fingerprint density at radius 2 is 2.00 bits per heavy atom. The number of carbonyl (C=O) groups excluding carboxylic acids is 1. The van der Waals surface area contributed by atoms with Crippen molar-refractivity contribution >= 4 is 11.6 Å². The van der Waals surface area contributed by atoms with Gasteiger partial charge in [0, 0.05) is 35.8 Å². The molecule has 4 rings (SSSR count). The number of nitro groups is 1. The first-order valence-electron chi connectivity index (χ1n) is 9.56. The average Bonchev–Trinajstić information content (AvgIpc) is 3.24. The van der Waals surface area contributed by atoms with Gasteiger partial charge in [-0.15, -0.1) is 10.2 Å². The van der Waals surface area contributed by atoms with Crippen molar-refractivity contribution in [3.63, 3.8) is 0 Å². The van der Waals surface area contributed by atoms with E-state index in [4.69, 9.17) is 4.42 Å². The Hall–Kier alpha value is -3.62. The van der Waals surface area contributed by atoms with Gasteiger partial charge in [-0.2, -0.15) is 0 Å². The minimum atomic E-state index is -0.486. The molecule has 1 amide bonds. The summed E-state index contributed by atoms with van der Waals surface area (Å²) in [7, 11) is 0. The molecule has 0 spiro atoms. The number of nitrogens with zero attached hydrogens (tertiary/aromatic N) is 4. The SMILES string of the molecule is Cc1ccc(C(=O)N2CCCC(c3nnc(-c4ccc(F)cc4)o3)C2)cc1[N+](=O)[O-]. The summed E-state index contributed by atoms with van der Waals surface area (Å²) in [5, 5.41) is 19.3. The monoisotopic (exact) mass is 410 g/mol. The lowest BCUT2D eigenvalue weighted by molar-refractivity contribution is -0.385. The lowest BCUT2D eigenvalue weighted by atomic mass is 9.97. The molecule has 1 aliphatic rings. The predicted octanol–water partition coefficient (Wildman–Crippen LogP) is 4.11. The van der Waals surface area contributed by atoms with Gasteiger partial charge in [0.1, 0.15) is 5.82 Å². The molecule has 3 aromatic rings. The first-order valence-corrected chi connectivity index (χ1v) is 9.56. The summed E-state index contributed by atoms with van der Waals surface area (Å²) >= 11 is 0. The summed E-state index contributed by atoms with van der Waals surface area (Å²) in [6.45, 7) is 2.57. The van der Waals surface area contributed by atoms with E-state index in [-0.39, 0.29) is 28.9 Å². The van der Waals surface area contributed by atoms with Crippen LogP contribution in [0.3, 0.4) is 0 Å². The molecule has 1 saturated heterocycles. The standard InChI is InChI=1S/C21H19FN4O4/c1-13-4-5-15(11-18(13)26(28)29)21(27)25-10-2-3-16(12-25)20-24-23-19(30-20)14-6-8-17(22)9-7-14/h4-9,11,16H,2-3,10,12H2,1H3. The first kappa shape index (κ1) is 19.7. The summed E-state index contributed by atoms with van der Waals surface area (Å²) in [6, 6.07) is 10.3. The van der Waals surface area contributed by atoms with Gasteiger partial charge in [-0.05, 0) is 50.1 Å². The van der Waals surface area contributed by atoms with Gasteiger partial charge in [0.2, 0.25) is 11.8 Å². The third-order valence-corrected chi connectivity index (χ3v) is 5.24. The Bertz CT molecular complexity index is 1100. The van der Waals surface area contributed by atoms with Crippen LogP contribution in [-0.2, 0) is 0 Å². The molecule has 1 unspecified atom stereocenters. The molecule has 154 valence electrons. The fourth-order valence-corrected chi connectivity index (χ4v) is 3.59. The largest absolute Gasteiger partial charge is 0.420 e. The fourth-order valence-electron chi connectivity index (χ4n) is 3.59. The second-order valence-electron chi connectivity index (χ2n) is 7.30. The molecule has 2 heterocycles. The molecule has 0 aliphatic carbocycles. The van der Waals surface area contributed by atoms with E-state index in [2.05, 4.69) is 10.2 Å². The first-order chi connectivity index (χ1) is 14.4. The van der Waals surface area contributed by atoms with Crippen LogP contribution >= 0.6 is 0 Å². The van der Waals surface area contributed by atoms with E-state index in [0.717, 1.165) is 12.8 Å². The van der Waals surface area contributed by atoms with Crippen molar-refractivity contribution in [3.8, 4) is 11.5 Å². The molecule has 0 N–H and O–H groups in total. The average molecular weight is 410 g/mol. The molecule has 1 fully saturated rings. The van der Waals surface area contributed by atoms with Gasteiger partial charge in [-0.1, -0.05) is 6.07 Å². The number of rotatable bonds is 4. The number of hydrogen-bond acceptors (Lipinski definition) is 6. The Morgan fingerprint density at radius 3 is 2.73 bits per heavy atom. The highest BCUT2D eigenvalue weighted by Crippen LogP contribution is 2.30. The van der Waals surface area contributed by atoms with Crippen LogP contribution in [0.4, 0.5) is 10.1 Å². The molecule has 1 atom stereocenters. The number of nitro benzene ring substituents is 1. The second kappa shape index (κ2) is 8.02. The van der Waals surface area contributed by atoms with E-state index in [1.807, 2.05) is 0 Å². The van der Waals surface area contributed by atoms with Gasteiger partial charge in [-0.3, -0.25) is 14.9 Å². The zero-order chi connectivity index (χ0) is 21.3. The highest BCUT2D eigenvalue weighted by Gasteiger charge is 2.30. The zero-order valence-corrected chi connectivity index (χ0v) is 16.2. The molecule has 1 aromatic heterocycles. The van der Waals surface area contributed by atoms with E-state index in [9.17, 15) is 19.3 Å². The third kappa shape index (κ3) is 3.91. The van der Waals surface area contributed by atoms with E-state index in [1.54, 1.807) is 36.1 Å². The van der Waals surface area contributed by atoms with Crippen LogP contribution in [0.5, 0.6) is 0 Å². The summed E-state index contributed by atoms with van der Waals surface area (Å²) in [5.41, 5.74) is 1.33. The van der Waals surface area contributed by atoms with Gasteiger partial charge >= 0.3 is 0 Å². The molecule has 9 heteroatoms. The number of benzene rings is 2. The van der Waals surface area contributed by atoms with Crippen molar-refractivity contribution in [2.45, 2.75) is 25.7 Å². The van der Waals surface area contributed by atoms with E-state index in [1.165, 1.54) is 18.2 Å². The molecule has 8 nitrogen and oxygen atoms in total. The van der Waals surface area contributed by atoms with Crippen LogP contribution in [-0.4, -0.2) is 39.0 Å². The molecular formula is C21H19FN4O4. The molecule has 1 aliphatic heterocycles. The van der Waals surface area contributed by atoms with Crippen molar-refractivity contribution in [3.05, 3.63) is 75.4 Å². The van der Waals surface area contributed by atoms with Gasteiger partial charge in [0.05, 0.1) is 10.8 Å². The number of carbonyl (C=O) groups is 1. The molecule has 0 bridgehead atoms. The van der Waals surface area contributed by atoms with Crippen molar-refractivity contribution < 1.29 is 18.5 Å². The lowest BCUT2D eigenvalue weighted by Gasteiger charge is -2.31. The molecule has 0 radical (unpaired) electrons. The number of hydrogen-bond donors (Lipinski definition) is 0. The van der Waals surface area contributed by atoms with Gasteiger partial charge in [0.25, 0.3) is 11.6 Å². The van der Waals surface area contributed by atoms with Crippen LogP contribution in [0.25, 0.3) is 11.5 Å². The number of amides is 1. The van der Waals surface area contributed by atoms with Gasteiger partial charge in [-0.25, -0.2) is 4.39 Å². The number of likely N-dealkylation sites (tertiary alicyclic amines) is 1. The Labute approximate surface area is 171 Å². The number of aryl methyl sites for hydroxylation is 1. The van der Waals surface area contributed by atoms with Crippen molar-refractivity contribution in [2.75, 3.05) is 13.1 Å². The smallest absolute Gasteiger partial charge is 0.273 e. The molecule has 0 saturated carbocycles. The van der Waals surface area contributed by atoms with Crippen molar-refractivity contribution in [1.29, 1.82) is 0 Å². The molecule has 30 heavy (non-hydrogen) atoms. The van der Waals surface area contributed by atoms with Crippen LogP contribution in [0.1, 0.15) is 40.6 Å². The predicted molar refractivity (Wildman–Crippen MR) is 105 cm³/mol. The summed E-state index contributed by atoms with van der Waals surface area (Å²) in [4.78, 5) is 25.3. The summed E-state index contributed by atoms with van der Waals surface area (Å²) < 4.78 is 18.9. The molecule has 2 aromatic carbocycles. The topological polar surface area (TPSA) is 102 Å². The van der Waals surface area contributed by atoms with E-state index < -0.39 is 4.92 Å². The zero-order valence-electron chi connectivity index (χ0n) is 16.2. The Kier molecular flexibility index (Phi) is 5.26. The van der Waals surface area contributed by atoms with Gasteiger partial charge in [0.15, 0.2) is 0 Å². The summed E-state index contributed by atoms with van der Waals surface area (Å²) in [6.07, 6.45) is 1.53. The molecular weight excluding hydrogens is 391 g/mol. The highest BCUT2D eigenvalue weighted by atomic mass is 19.1. The Morgan fingerprint density at radius 1 is 1.23 bits per heavy atom. The fraction of sp³-hybridized carbons (Fsp3) is 0.286. The van der Waals surface area contributed by atoms with E-state index >= 15 is 0 Å². The van der Waals surface area contributed by atoms with Crippen LogP contribution < -0.4 is 0 Å². The maximum absolute atomic E-state index is 13.1. The number of halogens is 1. The minimum absolute atomic E-state index is 0.0738. The number of piperidine rings is 1. The van der Waals surface area contributed by atoms with E-state index in [0.29, 0.717) is 36.0 Å². The minimum Gasteiger partial charge on any atom is -0.420 e. The van der Waals surface area contributed by atoms with Crippen LogP contribution in [0, 0.1) is 22.9 Å². The number of aromatic nitrogens is 2. The summed E-state index contributed by atoms with van der Waals surface area (Å²) in [5.74, 6) is -0.0357. The van der Waals surface area contributed by atoms with Crippen LogP contribution in [0.2, 0.25) is 0 Å². The normalized spacial score (nSPS) is 16.5. The second-order valence-corrected chi connectivity index (χ2v) is 7.30. The Balaban J connectivity index is 1.51. The highest BCUT2D eigenvalue weighted by molar-refractivity contribution is 5.95. The van der Waals surface area contributed by atoms with Crippen molar-refractivity contribution in [2.24, 2.45) is 0 Å². The maximum atomic E-state index is 13.1. The third-order valence-electron chi connectivity index (χ3n) is 5.24. The van der Waals surface area contributed by atoms with Crippen molar-refractivity contribution in [1.82, 2.24) is 15.1 Å². The maximum Gasteiger partial charge on any atom is 0.273 e. The lowest BCUT2D eigenvalue weighted by Crippen LogP contribution is -2.39. The quantitative estimate of drug-likeness (QED) is 0.474. The van der Waals surface area contributed by atoms with Crippen LogP contribution in [0.15, 0.2) is 46.9 Å². The van der Waals surface area contributed by atoms with Gasteiger partial charge < -0.3 is 9.32 Å².